The van der Waals surface area contributed by atoms with E-state index >= 15 is 0 Å². The van der Waals surface area contributed by atoms with Gasteiger partial charge >= 0.3 is 12.1 Å². The van der Waals surface area contributed by atoms with E-state index < -0.39 is 30.3 Å². The van der Waals surface area contributed by atoms with E-state index in [1.54, 1.807) is 34.0 Å². The lowest BCUT2D eigenvalue weighted by Crippen LogP contribution is -2.41. The lowest BCUT2D eigenvalue weighted by atomic mass is 10.2. The summed E-state index contributed by atoms with van der Waals surface area (Å²) in [6.45, 7) is 6.13. The number of anilines is 1. The maximum Gasteiger partial charge on any atom is 0.429 e. The van der Waals surface area contributed by atoms with Gasteiger partial charge in [-0.25, -0.2) is 24.6 Å². The number of halogens is 2. The number of carbonyl (C=O) groups excluding carboxylic acids is 2. The molecule has 0 unspecified atom stereocenters. The second kappa shape index (κ2) is 10.0. The van der Waals surface area contributed by atoms with Crippen LogP contribution in [0.5, 0.6) is 0 Å². The quantitative estimate of drug-likeness (QED) is 0.318. The third-order valence-corrected chi connectivity index (χ3v) is 3.29. The van der Waals surface area contributed by atoms with Crippen molar-refractivity contribution in [3.8, 4) is 0 Å². The second-order valence-corrected chi connectivity index (χ2v) is 6.81. The fourth-order valence-electron chi connectivity index (χ4n) is 1.68. The highest BCUT2D eigenvalue weighted by atomic mass is 32.2. The van der Waals surface area contributed by atoms with Crippen molar-refractivity contribution in [1.29, 1.82) is 0 Å². The van der Waals surface area contributed by atoms with E-state index in [1.165, 1.54) is 18.0 Å². The van der Waals surface area contributed by atoms with Gasteiger partial charge in [0.2, 0.25) is 0 Å². The molecule has 1 rings (SSSR count). The predicted molar refractivity (Wildman–Crippen MR) is 96.6 cm³/mol. The van der Waals surface area contributed by atoms with Crippen molar-refractivity contribution in [2.45, 2.75) is 38.5 Å². The summed E-state index contributed by atoms with van der Waals surface area (Å²) in [5.74, 6) is -0.782. The molecule has 0 aliphatic heterocycles. The van der Waals surface area contributed by atoms with Crippen LogP contribution < -0.4 is 5.43 Å². The molecular formula is C16H22F2N4O4S. The lowest BCUT2D eigenvalue weighted by Gasteiger charge is -2.27. The molecule has 8 nitrogen and oxygen atoms in total. The van der Waals surface area contributed by atoms with Crippen molar-refractivity contribution >= 4 is 29.6 Å². The van der Waals surface area contributed by atoms with Gasteiger partial charge in [0.05, 0.1) is 13.2 Å². The number of nitrogens with one attached hydrogen (secondary N) is 1. The first-order valence-corrected chi connectivity index (χ1v) is 9.16. The Morgan fingerprint density at radius 2 is 2.04 bits per heavy atom. The van der Waals surface area contributed by atoms with Gasteiger partial charge in [-0.05, 0) is 34.0 Å². The fraction of sp³-hybridized carbons (Fsp3) is 0.500. The Balaban J connectivity index is 3.22. The zero-order chi connectivity index (χ0) is 20.6. The Morgan fingerprint density at radius 3 is 2.56 bits per heavy atom. The van der Waals surface area contributed by atoms with E-state index in [1.807, 2.05) is 0 Å². The van der Waals surface area contributed by atoms with Gasteiger partial charge in [0.25, 0.3) is 6.08 Å². The molecule has 0 aliphatic rings. The second-order valence-electron chi connectivity index (χ2n) is 6.04. The number of aromatic nitrogens is 2. The number of amides is 1. The van der Waals surface area contributed by atoms with Gasteiger partial charge in [-0.2, -0.15) is 8.78 Å². The molecule has 0 bridgehead atoms. The molecule has 1 N–H and O–H groups in total. The number of thioether (sulfide) groups is 1. The fourth-order valence-corrected chi connectivity index (χ4v) is 2.02. The van der Waals surface area contributed by atoms with Gasteiger partial charge in [0.1, 0.15) is 11.2 Å². The highest BCUT2D eigenvalue weighted by molar-refractivity contribution is 7.98. The van der Waals surface area contributed by atoms with Crippen LogP contribution >= 0.6 is 11.8 Å². The standard InChI is InChI=1S/C16H22F2N4O4S/c1-6-25-13(23)10-9-19-14(27-5)20-12(10)21-22(8-7-11(17)18)15(24)26-16(2,3)4/h7,9H,6,8H2,1-5H3,(H,19,20,21). The molecule has 150 valence electrons. The van der Waals surface area contributed by atoms with Gasteiger partial charge in [-0.15, -0.1) is 0 Å². The molecule has 0 saturated carbocycles. The predicted octanol–water partition coefficient (Wildman–Crippen LogP) is 3.72. The van der Waals surface area contributed by atoms with Crippen LogP contribution in [0.4, 0.5) is 19.4 Å². The summed E-state index contributed by atoms with van der Waals surface area (Å²) >= 11 is 1.20. The SMILES string of the molecule is CCOC(=O)c1cnc(SC)nc1NN(CC=C(F)F)C(=O)OC(C)(C)C. The summed E-state index contributed by atoms with van der Waals surface area (Å²) in [6, 6.07) is 0. The maximum absolute atomic E-state index is 12.5. The van der Waals surface area contributed by atoms with Crippen LogP contribution in [0.15, 0.2) is 23.5 Å². The van der Waals surface area contributed by atoms with E-state index in [4.69, 9.17) is 9.47 Å². The van der Waals surface area contributed by atoms with Gasteiger partial charge in [-0.3, -0.25) is 5.43 Å². The summed E-state index contributed by atoms with van der Waals surface area (Å²) in [7, 11) is 0. The first-order chi connectivity index (χ1) is 12.6. The molecule has 1 aromatic rings. The van der Waals surface area contributed by atoms with Crippen molar-refractivity contribution in [3.05, 3.63) is 23.9 Å². The van der Waals surface area contributed by atoms with Gasteiger partial charge in [-0.1, -0.05) is 11.8 Å². The molecule has 11 heteroatoms. The largest absolute Gasteiger partial charge is 0.462 e. The molecule has 1 amide bonds. The first-order valence-electron chi connectivity index (χ1n) is 7.93. The number of hydrazine groups is 1. The topological polar surface area (TPSA) is 93.6 Å². The van der Waals surface area contributed by atoms with Gasteiger partial charge in [0, 0.05) is 12.3 Å². The number of carbonyl (C=O) groups is 2. The smallest absolute Gasteiger partial charge is 0.429 e. The number of ether oxygens (including phenoxy) is 2. The minimum Gasteiger partial charge on any atom is -0.462 e. The first kappa shape index (κ1) is 22.6. The number of hydrogen-bond acceptors (Lipinski definition) is 8. The molecule has 0 saturated heterocycles. The van der Waals surface area contributed by atoms with Crippen molar-refractivity contribution in [2.24, 2.45) is 0 Å². The van der Waals surface area contributed by atoms with Crippen LogP contribution in [0, 0.1) is 0 Å². The maximum atomic E-state index is 12.5. The highest BCUT2D eigenvalue weighted by Gasteiger charge is 2.25. The Bertz CT molecular complexity index is 706. The van der Waals surface area contributed by atoms with Gasteiger partial charge < -0.3 is 9.47 Å². The zero-order valence-corrected chi connectivity index (χ0v) is 16.5. The zero-order valence-electron chi connectivity index (χ0n) is 15.7. The van der Waals surface area contributed by atoms with E-state index in [-0.39, 0.29) is 18.0 Å². The minimum absolute atomic E-state index is 0.0482. The molecule has 0 aromatic carbocycles. The minimum atomic E-state index is -1.97. The van der Waals surface area contributed by atoms with Crippen LogP contribution in [0.1, 0.15) is 38.1 Å². The number of rotatable bonds is 7. The number of hydrogen-bond donors (Lipinski definition) is 1. The molecule has 0 aliphatic carbocycles. The van der Waals surface area contributed by atoms with E-state index in [0.717, 1.165) is 5.01 Å². The van der Waals surface area contributed by atoms with Gasteiger partial charge in [0.15, 0.2) is 11.0 Å². The van der Waals surface area contributed by atoms with Crippen LogP contribution in [0.2, 0.25) is 0 Å². The summed E-state index contributed by atoms with van der Waals surface area (Å²) in [5.41, 5.74) is 1.65. The Morgan fingerprint density at radius 1 is 1.37 bits per heavy atom. The molecule has 27 heavy (non-hydrogen) atoms. The Kier molecular flexibility index (Phi) is 8.41. The molecule has 0 radical (unpaired) electrons. The molecule has 0 fully saturated rings. The molecular weight excluding hydrogens is 382 g/mol. The van der Waals surface area contributed by atoms with Crippen molar-refractivity contribution in [3.63, 3.8) is 0 Å². The normalized spacial score (nSPS) is 10.8. The number of esters is 1. The van der Waals surface area contributed by atoms with E-state index in [9.17, 15) is 18.4 Å². The van der Waals surface area contributed by atoms with Crippen molar-refractivity contribution in [1.82, 2.24) is 15.0 Å². The molecule has 0 spiro atoms. The molecule has 1 heterocycles. The van der Waals surface area contributed by atoms with Crippen LogP contribution in [0.3, 0.4) is 0 Å². The van der Waals surface area contributed by atoms with E-state index in [2.05, 4.69) is 15.4 Å². The van der Waals surface area contributed by atoms with Crippen LogP contribution in [-0.4, -0.2) is 52.0 Å². The number of nitrogens with zero attached hydrogens (tertiary/aromatic N) is 3. The van der Waals surface area contributed by atoms with Crippen LogP contribution in [0.25, 0.3) is 0 Å². The van der Waals surface area contributed by atoms with E-state index in [0.29, 0.717) is 11.2 Å². The summed E-state index contributed by atoms with van der Waals surface area (Å²) in [6.07, 6.45) is 0.591. The average Bonchev–Trinajstić information content (AvgIpc) is 2.56. The third kappa shape index (κ3) is 7.77. The Hall–Kier alpha value is -2.43. The average molecular weight is 404 g/mol. The third-order valence-electron chi connectivity index (χ3n) is 2.73. The van der Waals surface area contributed by atoms with Crippen molar-refractivity contribution in [2.75, 3.05) is 24.8 Å². The van der Waals surface area contributed by atoms with Crippen LogP contribution in [-0.2, 0) is 9.47 Å². The highest BCUT2D eigenvalue weighted by Crippen LogP contribution is 2.19. The molecule has 0 atom stereocenters. The lowest BCUT2D eigenvalue weighted by molar-refractivity contribution is 0.0311. The van der Waals surface area contributed by atoms with Crippen molar-refractivity contribution < 1.29 is 27.8 Å². The summed E-state index contributed by atoms with van der Waals surface area (Å²) in [4.78, 5) is 32.5. The Labute approximate surface area is 160 Å². The summed E-state index contributed by atoms with van der Waals surface area (Å²) in [5, 5.41) is 1.08. The molecule has 1 aromatic heterocycles. The monoisotopic (exact) mass is 404 g/mol. The summed E-state index contributed by atoms with van der Waals surface area (Å²) < 4.78 is 35.2.